The highest BCUT2D eigenvalue weighted by atomic mass is 16.2. The molecule has 1 aliphatic heterocycles. The number of imide groups is 1. The molecule has 8 heteroatoms. The second kappa shape index (κ2) is 8.74. The van der Waals surface area contributed by atoms with Gasteiger partial charge >= 0.3 is 6.03 Å². The second-order valence-electron chi connectivity index (χ2n) is 8.15. The summed E-state index contributed by atoms with van der Waals surface area (Å²) in [7, 11) is 0. The minimum atomic E-state index is -0.626. The van der Waals surface area contributed by atoms with Crippen LogP contribution < -0.4 is 10.6 Å². The molecule has 1 aromatic carbocycles. The molecule has 0 saturated carbocycles. The minimum absolute atomic E-state index is 0.125. The molecule has 0 atom stereocenters. The molecular formula is C25H25N5O3. The van der Waals surface area contributed by atoms with Gasteiger partial charge in [-0.25, -0.2) is 14.7 Å². The minimum Gasteiger partial charge on any atom is -0.325 e. The standard InChI is InChI=1S/C25H25N5O3/c1-15-5-8-20(9-6-15)27-23(31)14-29-24(32)21(28-25(29)33)12-19-11-17(3)30(18(19)4)22-10-7-16(2)13-26-22/h5-13H,14H2,1-4H3,(H,27,31)(H,28,33). The number of nitrogens with one attached hydrogen (secondary N) is 2. The Bertz CT molecular complexity index is 1270. The van der Waals surface area contributed by atoms with Gasteiger partial charge in [-0.15, -0.1) is 0 Å². The predicted octanol–water partition coefficient (Wildman–Crippen LogP) is 3.64. The van der Waals surface area contributed by atoms with Crippen LogP contribution in [-0.4, -0.2) is 38.8 Å². The Labute approximate surface area is 191 Å². The van der Waals surface area contributed by atoms with Crippen LogP contribution in [0.3, 0.4) is 0 Å². The lowest BCUT2D eigenvalue weighted by atomic mass is 10.2. The monoisotopic (exact) mass is 443 g/mol. The number of carbonyl (C=O) groups is 3. The van der Waals surface area contributed by atoms with Crippen LogP contribution in [0.1, 0.15) is 28.1 Å². The molecule has 4 rings (SSSR count). The van der Waals surface area contributed by atoms with Gasteiger partial charge < -0.3 is 15.2 Å². The number of urea groups is 1. The van der Waals surface area contributed by atoms with Crippen molar-refractivity contribution in [2.75, 3.05) is 11.9 Å². The summed E-state index contributed by atoms with van der Waals surface area (Å²) in [5, 5.41) is 5.28. The smallest absolute Gasteiger partial charge is 0.325 e. The van der Waals surface area contributed by atoms with Gasteiger partial charge in [0.2, 0.25) is 5.91 Å². The third-order valence-corrected chi connectivity index (χ3v) is 5.49. The molecule has 0 bridgehead atoms. The van der Waals surface area contributed by atoms with E-state index < -0.39 is 17.8 Å². The van der Waals surface area contributed by atoms with Crippen molar-refractivity contribution in [2.45, 2.75) is 27.7 Å². The van der Waals surface area contributed by atoms with Crippen molar-refractivity contribution in [2.24, 2.45) is 0 Å². The van der Waals surface area contributed by atoms with Crippen LogP contribution in [0.25, 0.3) is 11.9 Å². The normalized spacial score (nSPS) is 14.7. The Kier molecular flexibility index (Phi) is 5.83. The zero-order valence-corrected chi connectivity index (χ0v) is 19.0. The first-order valence-corrected chi connectivity index (χ1v) is 10.6. The third kappa shape index (κ3) is 4.55. The molecule has 1 saturated heterocycles. The Balaban J connectivity index is 1.52. The molecule has 2 aromatic heterocycles. The van der Waals surface area contributed by atoms with Gasteiger partial charge in [-0.2, -0.15) is 0 Å². The van der Waals surface area contributed by atoms with Gasteiger partial charge in [0.25, 0.3) is 5.91 Å². The van der Waals surface area contributed by atoms with E-state index in [4.69, 9.17) is 0 Å². The summed E-state index contributed by atoms with van der Waals surface area (Å²) in [6, 6.07) is 12.5. The van der Waals surface area contributed by atoms with E-state index in [1.807, 2.05) is 62.6 Å². The van der Waals surface area contributed by atoms with Gasteiger partial charge in [-0.05, 0) is 69.2 Å². The molecule has 1 aliphatic rings. The van der Waals surface area contributed by atoms with Crippen molar-refractivity contribution in [3.8, 4) is 5.82 Å². The van der Waals surface area contributed by atoms with Crippen LogP contribution in [0.4, 0.5) is 10.5 Å². The van der Waals surface area contributed by atoms with Gasteiger partial charge in [0.1, 0.15) is 18.1 Å². The number of carbonyl (C=O) groups excluding carboxylic acids is 3. The third-order valence-electron chi connectivity index (χ3n) is 5.49. The van der Waals surface area contributed by atoms with Crippen LogP contribution in [0.15, 0.2) is 54.4 Å². The van der Waals surface area contributed by atoms with E-state index in [9.17, 15) is 14.4 Å². The molecule has 0 spiro atoms. The van der Waals surface area contributed by atoms with Crippen LogP contribution in [0.5, 0.6) is 0 Å². The molecule has 168 valence electrons. The molecule has 0 radical (unpaired) electrons. The number of hydrogen-bond donors (Lipinski definition) is 2. The number of aromatic nitrogens is 2. The van der Waals surface area contributed by atoms with Crippen molar-refractivity contribution in [1.82, 2.24) is 19.8 Å². The van der Waals surface area contributed by atoms with Gasteiger partial charge in [-0.3, -0.25) is 9.59 Å². The van der Waals surface area contributed by atoms with Crippen LogP contribution in [0.2, 0.25) is 0 Å². The fraction of sp³-hybridized carbons (Fsp3) is 0.200. The van der Waals surface area contributed by atoms with Crippen LogP contribution >= 0.6 is 0 Å². The summed E-state index contributed by atoms with van der Waals surface area (Å²) in [4.78, 5) is 43.0. The van der Waals surface area contributed by atoms with E-state index in [1.54, 1.807) is 24.4 Å². The number of anilines is 1. The molecule has 3 heterocycles. The highest BCUT2D eigenvalue weighted by Crippen LogP contribution is 2.23. The first-order chi connectivity index (χ1) is 15.7. The highest BCUT2D eigenvalue weighted by Gasteiger charge is 2.35. The molecule has 3 aromatic rings. The zero-order valence-electron chi connectivity index (χ0n) is 19.0. The van der Waals surface area contributed by atoms with Crippen molar-refractivity contribution in [3.63, 3.8) is 0 Å². The maximum atomic E-state index is 12.8. The summed E-state index contributed by atoms with van der Waals surface area (Å²) in [5.74, 6) is -0.221. The number of rotatable bonds is 5. The molecule has 8 nitrogen and oxygen atoms in total. The van der Waals surface area contributed by atoms with Crippen molar-refractivity contribution in [3.05, 3.63) is 82.4 Å². The Morgan fingerprint density at radius 3 is 2.39 bits per heavy atom. The maximum absolute atomic E-state index is 12.8. The summed E-state index contributed by atoms with van der Waals surface area (Å²) >= 11 is 0. The molecule has 2 N–H and O–H groups in total. The van der Waals surface area contributed by atoms with E-state index >= 15 is 0 Å². The fourth-order valence-corrected chi connectivity index (χ4v) is 3.73. The second-order valence-corrected chi connectivity index (χ2v) is 8.15. The average Bonchev–Trinajstić information content (AvgIpc) is 3.20. The first-order valence-electron chi connectivity index (χ1n) is 10.6. The topological polar surface area (TPSA) is 96.3 Å². The summed E-state index contributed by atoms with van der Waals surface area (Å²) in [6.45, 7) is 7.43. The average molecular weight is 444 g/mol. The number of benzene rings is 1. The lowest BCUT2D eigenvalue weighted by Gasteiger charge is -2.12. The number of aryl methyl sites for hydroxylation is 3. The summed E-state index contributed by atoms with van der Waals surface area (Å²) in [6.07, 6.45) is 3.43. The molecule has 1 fully saturated rings. The summed E-state index contributed by atoms with van der Waals surface area (Å²) < 4.78 is 1.99. The first kappa shape index (κ1) is 22.0. The Morgan fingerprint density at radius 2 is 1.73 bits per heavy atom. The van der Waals surface area contributed by atoms with Gasteiger partial charge in [-0.1, -0.05) is 23.8 Å². The highest BCUT2D eigenvalue weighted by molar-refractivity contribution is 6.16. The van der Waals surface area contributed by atoms with Gasteiger partial charge in [0.15, 0.2) is 0 Å². The van der Waals surface area contributed by atoms with E-state index in [0.29, 0.717) is 5.69 Å². The predicted molar refractivity (Wildman–Crippen MR) is 126 cm³/mol. The lowest BCUT2D eigenvalue weighted by Crippen LogP contribution is -2.38. The Hall–Kier alpha value is -4.20. The van der Waals surface area contributed by atoms with Crippen molar-refractivity contribution in [1.29, 1.82) is 0 Å². The molecule has 33 heavy (non-hydrogen) atoms. The van der Waals surface area contributed by atoms with Gasteiger partial charge in [0.05, 0.1) is 0 Å². The number of hydrogen-bond acceptors (Lipinski definition) is 4. The summed E-state index contributed by atoms with van der Waals surface area (Å²) in [5.41, 5.74) is 5.47. The molecule has 4 amide bonds. The molecule has 0 unspecified atom stereocenters. The maximum Gasteiger partial charge on any atom is 0.329 e. The lowest BCUT2D eigenvalue weighted by molar-refractivity contribution is -0.127. The number of nitrogens with zero attached hydrogens (tertiary/aromatic N) is 3. The van der Waals surface area contributed by atoms with E-state index in [1.165, 1.54) is 0 Å². The molecule has 0 aliphatic carbocycles. The fourth-order valence-electron chi connectivity index (χ4n) is 3.73. The van der Waals surface area contributed by atoms with Gasteiger partial charge in [0, 0.05) is 23.3 Å². The van der Waals surface area contributed by atoms with Crippen LogP contribution in [-0.2, 0) is 9.59 Å². The quantitative estimate of drug-likeness (QED) is 0.465. The van der Waals surface area contributed by atoms with E-state index in [0.717, 1.165) is 38.8 Å². The van der Waals surface area contributed by atoms with Crippen molar-refractivity contribution < 1.29 is 14.4 Å². The van der Waals surface area contributed by atoms with E-state index in [-0.39, 0.29) is 12.2 Å². The van der Waals surface area contributed by atoms with E-state index in [2.05, 4.69) is 15.6 Å². The molecular weight excluding hydrogens is 418 g/mol. The van der Waals surface area contributed by atoms with Crippen LogP contribution in [0, 0.1) is 27.7 Å². The zero-order chi connectivity index (χ0) is 23.7. The number of amides is 4. The Morgan fingerprint density at radius 1 is 1.03 bits per heavy atom. The SMILES string of the molecule is Cc1ccc(NC(=O)CN2C(=O)NC(=Cc3cc(C)n(-c4ccc(C)cn4)c3C)C2=O)cc1. The van der Waals surface area contributed by atoms with Crippen molar-refractivity contribution >= 4 is 29.6 Å². The largest absolute Gasteiger partial charge is 0.329 e. The number of pyridine rings is 1.